The highest BCUT2D eigenvalue weighted by molar-refractivity contribution is 7.49. The van der Waals surface area contributed by atoms with Crippen molar-refractivity contribution in [2.24, 2.45) is 5.92 Å². The minimum Gasteiger partial charge on any atom is -0.457 e. The summed E-state index contributed by atoms with van der Waals surface area (Å²) in [5.41, 5.74) is 0. The van der Waals surface area contributed by atoms with Gasteiger partial charge < -0.3 is 34.1 Å². The molecule has 11 nitrogen and oxygen atoms in total. The molecule has 0 radical (unpaired) electrons. The molecule has 3 rings (SSSR count). The number of unbranched alkanes of at least 4 members (excludes halogenated alkanes) is 28. The first-order valence-corrected chi connectivity index (χ1v) is 30.9. The molecule has 1 aliphatic heterocycles. The number of hydrogen-bond donors (Lipinski definition) is 3. The highest BCUT2D eigenvalue weighted by Crippen LogP contribution is 2.52. The topological polar surface area (TPSA) is 150 Å². The number of para-hydroxylation sites is 2. The van der Waals surface area contributed by atoms with Gasteiger partial charge >= 0.3 is 13.8 Å². The molecule has 0 aliphatic carbocycles. The lowest BCUT2D eigenvalue weighted by atomic mass is 9.93. The first-order valence-electron chi connectivity index (χ1n) is 29.4. The van der Waals surface area contributed by atoms with Crippen molar-refractivity contribution in [2.45, 2.75) is 276 Å². The molecule has 412 valence electrons. The van der Waals surface area contributed by atoms with Gasteiger partial charge in [0.15, 0.2) is 6.10 Å². The number of nitrogens with one attached hydrogen (secondary N) is 1. The number of phosphoric acid groups is 1. The molecule has 1 fully saturated rings. The van der Waals surface area contributed by atoms with E-state index in [4.69, 9.17) is 23.0 Å². The maximum Gasteiger partial charge on any atom is 0.588 e. The smallest absolute Gasteiger partial charge is 0.457 e. The van der Waals surface area contributed by atoms with Gasteiger partial charge in [-0.05, 0) is 43.5 Å². The largest absolute Gasteiger partial charge is 0.588 e. The molecule has 1 heterocycles. The second-order valence-electron chi connectivity index (χ2n) is 20.8. The molecular formula is C60H102NO10P. The number of carbonyl (C=O) groups is 2. The molecule has 72 heavy (non-hydrogen) atoms. The minimum absolute atomic E-state index is 0.117. The average molecular weight is 1030 g/mol. The Balaban J connectivity index is 1.80. The number of rotatable bonds is 46. The normalized spacial score (nSPS) is 17.8. The highest BCUT2D eigenvalue weighted by atomic mass is 31.2. The first-order chi connectivity index (χ1) is 35.2. The Labute approximate surface area is 438 Å². The van der Waals surface area contributed by atoms with Crippen LogP contribution in [-0.2, 0) is 28.2 Å². The molecule has 0 spiro atoms. The average Bonchev–Trinajstić information content (AvgIpc) is 3.37. The van der Waals surface area contributed by atoms with E-state index in [0.717, 1.165) is 57.8 Å². The van der Waals surface area contributed by atoms with Crippen LogP contribution in [0.5, 0.6) is 11.5 Å². The van der Waals surface area contributed by atoms with Crippen LogP contribution in [0.3, 0.4) is 0 Å². The van der Waals surface area contributed by atoms with Crippen LogP contribution in [0.2, 0.25) is 0 Å². The van der Waals surface area contributed by atoms with Crippen LogP contribution in [0.25, 0.3) is 0 Å². The lowest BCUT2D eigenvalue weighted by molar-refractivity contribution is -0.191. The molecule has 2 aromatic rings. The van der Waals surface area contributed by atoms with E-state index in [0.29, 0.717) is 19.3 Å². The predicted octanol–water partition coefficient (Wildman–Crippen LogP) is 16.1. The van der Waals surface area contributed by atoms with Crippen molar-refractivity contribution in [1.29, 1.82) is 0 Å². The van der Waals surface area contributed by atoms with Crippen LogP contribution in [0.15, 0.2) is 60.7 Å². The van der Waals surface area contributed by atoms with E-state index in [2.05, 4.69) is 26.1 Å². The highest BCUT2D eigenvalue weighted by Gasteiger charge is 2.50. The summed E-state index contributed by atoms with van der Waals surface area (Å²) in [5, 5.41) is 24.8. The molecule has 1 saturated heterocycles. The molecule has 2 aromatic carbocycles. The van der Waals surface area contributed by atoms with Crippen molar-refractivity contribution >= 4 is 19.7 Å². The van der Waals surface area contributed by atoms with Crippen LogP contribution in [-0.4, -0.2) is 65.8 Å². The van der Waals surface area contributed by atoms with Crippen LogP contribution in [0, 0.1) is 5.92 Å². The van der Waals surface area contributed by atoms with Gasteiger partial charge in [0, 0.05) is 0 Å². The lowest BCUT2D eigenvalue weighted by Gasteiger charge is -2.42. The third-order valence-electron chi connectivity index (χ3n) is 14.2. The van der Waals surface area contributed by atoms with Crippen molar-refractivity contribution in [3.8, 4) is 11.5 Å². The summed E-state index contributed by atoms with van der Waals surface area (Å²) in [5.74, 6) is -0.823. The van der Waals surface area contributed by atoms with Gasteiger partial charge in [0.2, 0.25) is 5.91 Å². The van der Waals surface area contributed by atoms with E-state index in [-0.39, 0.29) is 24.5 Å². The van der Waals surface area contributed by atoms with Gasteiger partial charge in [-0.2, -0.15) is 0 Å². The van der Waals surface area contributed by atoms with Gasteiger partial charge in [0.1, 0.15) is 23.7 Å². The SMILES string of the molecule is CCCCCCCCCCCCCCC(CCCCCCCCCCCC)C(=O)O[C@H]1[C@H](OP(=O)(Oc2ccccc2)Oc2ccccc2)[C@@H](CO)OC[C@@H]1NC(=O)C[C@H](O)CCCCCCCCCCC. The quantitative estimate of drug-likeness (QED) is 0.0332. The van der Waals surface area contributed by atoms with E-state index in [1.165, 1.54) is 141 Å². The Morgan fingerprint density at radius 2 is 0.944 bits per heavy atom. The lowest BCUT2D eigenvalue weighted by Crippen LogP contribution is -2.62. The number of aliphatic hydroxyl groups excluding tert-OH is 2. The second kappa shape index (κ2) is 41.3. The molecule has 1 unspecified atom stereocenters. The van der Waals surface area contributed by atoms with Gasteiger partial charge in [0.05, 0.1) is 37.7 Å². The van der Waals surface area contributed by atoms with Gasteiger partial charge in [-0.15, -0.1) is 0 Å². The summed E-state index contributed by atoms with van der Waals surface area (Å²) >= 11 is 0. The van der Waals surface area contributed by atoms with Crippen molar-refractivity contribution in [1.82, 2.24) is 5.32 Å². The van der Waals surface area contributed by atoms with E-state index < -0.39 is 62.7 Å². The summed E-state index contributed by atoms with van der Waals surface area (Å²) in [7, 11) is -4.62. The molecule has 0 aromatic heterocycles. The number of carbonyl (C=O) groups excluding carboxylic acids is 2. The van der Waals surface area contributed by atoms with E-state index in [1.807, 2.05) is 0 Å². The monoisotopic (exact) mass is 1030 g/mol. The van der Waals surface area contributed by atoms with Crippen LogP contribution < -0.4 is 14.4 Å². The van der Waals surface area contributed by atoms with Gasteiger partial charge in [0.25, 0.3) is 0 Å². The van der Waals surface area contributed by atoms with Crippen molar-refractivity contribution < 1.29 is 47.4 Å². The third-order valence-corrected chi connectivity index (χ3v) is 15.6. The van der Waals surface area contributed by atoms with Crippen molar-refractivity contribution in [2.75, 3.05) is 13.2 Å². The fourth-order valence-corrected chi connectivity index (χ4v) is 11.3. The summed E-state index contributed by atoms with van der Waals surface area (Å²) in [4.78, 5) is 28.5. The number of benzene rings is 2. The first kappa shape index (κ1) is 63.3. The number of hydrogen-bond acceptors (Lipinski definition) is 10. The maximum absolute atomic E-state index is 14.9. The van der Waals surface area contributed by atoms with Crippen LogP contribution >= 0.6 is 7.82 Å². The molecule has 3 N–H and O–H groups in total. The second-order valence-corrected chi connectivity index (χ2v) is 22.2. The third kappa shape index (κ3) is 29.2. The Bertz CT molecular complexity index is 1610. The zero-order valence-corrected chi connectivity index (χ0v) is 46.4. The standard InChI is InChI=1S/C60H102NO10P/c1-4-7-10-13-16-19-21-22-25-27-30-35-42-51(41-34-29-26-24-20-17-14-11-8-5-2)60(65)68-58-55(61-57(64)48-52(63)43-36-31-28-23-18-15-12-9-6-3)50-67-56(49-62)59(58)71-72(66,69-53-44-37-32-38-45-53)70-54-46-39-33-40-47-54/h32-33,37-40,44-47,51-52,55-56,58-59,62-63H,4-31,34-36,41-43,48-50H2,1-3H3,(H,61,64)/t51?,52-,55+,56-,58-,59-/m1/s1. The van der Waals surface area contributed by atoms with Gasteiger partial charge in [-0.1, -0.05) is 256 Å². The molecule has 0 bridgehead atoms. The number of esters is 1. The summed E-state index contributed by atoms with van der Waals surface area (Å²) < 4.78 is 46.0. The molecule has 6 atom stereocenters. The van der Waals surface area contributed by atoms with E-state index in [1.54, 1.807) is 60.7 Å². The number of ether oxygens (including phenoxy) is 2. The van der Waals surface area contributed by atoms with Crippen molar-refractivity contribution in [3.63, 3.8) is 0 Å². The Morgan fingerprint density at radius 3 is 1.33 bits per heavy atom. The Kier molecular flexibility index (Phi) is 36.3. The zero-order valence-electron chi connectivity index (χ0n) is 45.5. The summed E-state index contributed by atoms with van der Waals surface area (Å²) in [6.45, 7) is 6.05. The predicted molar refractivity (Wildman–Crippen MR) is 293 cm³/mol. The zero-order chi connectivity index (χ0) is 51.8. The molecular weight excluding hydrogens is 926 g/mol. The summed E-state index contributed by atoms with van der Waals surface area (Å²) in [6, 6.07) is 16.1. The number of aliphatic hydroxyl groups is 2. The van der Waals surface area contributed by atoms with Crippen molar-refractivity contribution in [3.05, 3.63) is 60.7 Å². The van der Waals surface area contributed by atoms with E-state index in [9.17, 15) is 24.4 Å². The molecule has 0 saturated carbocycles. The fourth-order valence-electron chi connectivity index (χ4n) is 9.84. The minimum atomic E-state index is -4.62. The van der Waals surface area contributed by atoms with Gasteiger partial charge in [-0.3, -0.25) is 14.1 Å². The molecule has 1 aliphatic rings. The fraction of sp³-hybridized carbons (Fsp3) is 0.767. The van der Waals surface area contributed by atoms with E-state index >= 15 is 0 Å². The maximum atomic E-state index is 14.9. The summed E-state index contributed by atoms with van der Waals surface area (Å²) in [6.07, 6.45) is 34.1. The Morgan fingerprint density at radius 1 is 0.569 bits per heavy atom. The number of phosphoric ester groups is 1. The van der Waals surface area contributed by atoms with Crippen LogP contribution in [0.4, 0.5) is 0 Å². The van der Waals surface area contributed by atoms with Gasteiger partial charge in [-0.25, -0.2) is 4.57 Å². The number of amides is 1. The van der Waals surface area contributed by atoms with Crippen LogP contribution in [0.1, 0.15) is 245 Å². The molecule has 12 heteroatoms. The molecule has 1 amide bonds. The Hall–Kier alpha value is -2.95.